The first-order valence-electron chi connectivity index (χ1n) is 14.3. The van der Waals surface area contributed by atoms with Crippen molar-refractivity contribution in [3.63, 3.8) is 0 Å². The first kappa shape index (κ1) is 30.2. The van der Waals surface area contributed by atoms with Gasteiger partial charge < -0.3 is 9.84 Å². The molecule has 4 aromatic rings. The number of aliphatic hydroxyl groups is 1. The van der Waals surface area contributed by atoms with E-state index in [-0.39, 0.29) is 10.9 Å². The summed E-state index contributed by atoms with van der Waals surface area (Å²) in [5.41, 5.74) is 6.52. The minimum absolute atomic E-state index is 0.214. The number of benzene rings is 3. The molecule has 0 saturated heterocycles. The molecule has 0 radical (unpaired) electrons. The van der Waals surface area contributed by atoms with Crippen molar-refractivity contribution in [3.05, 3.63) is 99.7 Å². The highest BCUT2D eigenvalue weighted by atomic mass is 32.2. The van der Waals surface area contributed by atoms with E-state index in [9.17, 15) is 18.8 Å². The minimum atomic E-state index is -3.85. The van der Waals surface area contributed by atoms with Gasteiger partial charge in [0.05, 0.1) is 34.7 Å². The number of aliphatic hydroxyl groups excluding tert-OH is 1. The Morgan fingerprint density at radius 1 is 1.05 bits per heavy atom. The van der Waals surface area contributed by atoms with Gasteiger partial charge in [-0.1, -0.05) is 49.5 Å². The van der Waals surface area contributed by atoms with E-state index in [0.717, 1.165) is 33.9 Å². The van der Waals surface area contributed by atoms with Crippen molar-refractivity contribution >= 4 is 29.0 Å². The van der Waals surface area contributed by atoms with E-state index in [1.54, 1.807) is 36.5 Å². The summed E-state index contributed by atoms with van der Waals surface area (Å²) in [6, 6.07) is 19.2. The summed E-state index contributed by atoms with van der Waals surface area (Å²) in [6.45, 7) is 14.2. The third kappa shape index (κ3) is 5.70. The number of nitrogens with zero attached hydrogens (tertiary/aromatic N) is 3. The van der Waals surface area contributed by atoms with Gasteiger partial charge in [0, 0.05) is 38.4 Å². The molecule has 1 aliphatic rings. The van der Waals surface area contributed by atoms with E-state index in [1.165, 1.54) is 3.97 Å². The van der Waals surface area contributed by atoms with Crippen LogP contribution in [-0.2, 0) is 21.3 Å². The highest BCUT2D eigenvalue weighted by molar-refractivity contribution is 7.90. The first-order valence-corrected chi connectivity index (χ1v) is 19.4. The molecule has 2 unspecified atom stereocenters. The zero-order chi connectivity index (χ0) is 30.4. The Morgan fingerprint density at radius 3 is 2.43 bits per heavy atom. The van der Waals surface area contributed by atoms with Crippen LogP contribution in [-0.4, -0.2) is 43.7 Å². The monoisotopic (exact) mass is 601 g/mol. The number of fused-ring (bicyclic) bond motifs is 2. The maximum atomic E-state index is 13.7. The summed E-state index contributed by atoms with van der Waals surface area (Å²) in [4.78, 5) is 2.22. The summed E-state index contributed by atoms with van der Waals surface area (Å²) < 4.78 is 35.0. The van der Waals surface area contributed by atoms with Crippen LogP contribution in [0.2, 0.25) is 25.7 Å². The van der Waals surface area contributed by atoms with Crippen LogP contribution in [0.1, 0.15) is 51.2 Å². The van der Waals surface area contributed by atoms with Gasteiger partial charge in [-0.3, -0.25) is 4.90 Å². The third-order valence-corrected chi connectivity index (χ3v) is 11.6. The molecule has 7 nitrogen and oxygen atoms in total. The molecule has 9 heteroatoms. The largest absolute Gasteiger partial charge is 0.380 e. The van der Waals surface area contributed by atoms with Gasteiger partial charge in [-0.2, -0.15) is 5.26 Å². The molecule has 220 valence electrons. The predicted octanol–water partition coefficient (Wildman–Crippen LogP) is 6.58. The second-order valence-electron chi connectivity index (χ2n) is 12.6. The summed E-state index contributed by atoms with van der Waals surface area (Å²) in [5.74, 6) is 0. The maximum absolute atomic E-state index is 13.7. The van der Waals surface area contributed by atoms with Gasteiger partial charge in [0.15, 0.2) is 0 Å². The zero-order valence-electron chi connectivity index (χ0n) is 25.2. The van der Waals surface area contributed by atoms with Gasteiger partial charge >= 0.3 is 0 Å². The van der Waals surface area contributed by atoms with Crippen molar-refractivity contribution in [3.8, 4) is 6.07 Å². The lowest BCUT2D eigenvalue weighted by molar-refractivity contribution is -0.0478. The topological polar surface area (TPSA) is 95.6 Å². The van der Waals surface area contributed by atoms with Crippen LogP contribution in [0.3, 0.4) is 0 Å². The molecular formula is C33H39N3O4SSi. The summed E-state index contributed by atoms with van der Waals surface area (Å²) in [5, 5.41) is 22.3. The number of aromatic nitrogens is 1. The lowest BCUT2D eigenvalue weighted by atomic mass is 9.98. The van der Waals surface area contributed by atoms with Gasteiger partial charge in [0.2, 0.25) is 0 Å². The standard InChI is InChI=1S/C33H39N3O4SSi/c1-22-7-11-27(12-8-22)41(38,39)36-14-13-28-31(23(2)17-24(3)32(28)36)33(37)35-20-26-10-9-25(19-34)18-29(26)30(35)21-40-15-16-42(4,5)6/h7-14,17-18,30,33,37H,15-16,20-21H2,1-6H3. The van der Waals surface area contributed by atoms with E-state index in [1.807, 2.05) is 49.9 Å². The molecule has 1 aliphatic heterocycles. The number of rotatable bonds is 9. The van der Waals surface area contributed by atoms with Gasteiger partial charge in [-0.15, -0.1) is 0 Å². The van der Waals surface area contributed by atoms with Crippen LogP contribution in [0.5, 0.6) is 0 Å². The van der Waals surface area contributed by atoms with Crippen LogP contribution >= 0.6 is 0 Å². The average Bonchev–Trinajstić information content (AvgIpc) is 3.53. The van der Waals surface area contributed by atoms with E-state index in [2.05, 4.69) is 25.7 Å². The van der Waals surface area contributed by atoms with Crippen LogP contribution < -0.4 is 0 Å². The molecule has 0 aliphatic carbocycles. The number of hydrogen-bond acceptors (Lipinski definition) is 6. The van der Waals surface area contributed by atoms with Gasteiger partial charge in [0.25, 0.3) is 10.0 Å². The molecule has 0 spiro atoms. The first-order chi connectivity index (χ1) is 19.8. The molecule has 5 rings (SSSR count). The van der Waals surface area contributed by atoms with Crippen LogP contribution in [0.15, 0.2) is 65.7 Å². The Bertz CT molecular complexity index is 1780. The fourth-order valence-corrected chi connectivity index (χ4v) is 8.02. The second kappa shape index (κ2) is 11.4. The average molecular weight is 602 g/mol. The molecule has 1 N–H and O–H groups in total. The number of aryl methyl sites for hydroxylation is 3. The number of hydrogen-bond donors (Lipinski definition) is 1. The van der Waals surface area contributed by atoms with Crippen molar-refractivity contribution < 1.29 is 18.3 Å². The number of ether oxygens (including phenoxy) is 1. The molecule has 2 atom stereocenters. The lowest BCUT2D eigenvalue weighted by Gasteiger charge is -2.32. The second-order valence-corrected chi connectivity index (χ2v) is 20.0. The Kier molecular flexibility index (Phi) is 8.22. The highest BCUT2D eigenvalue weighted by Crippen LogP contribution is 2.43. The predicted molar refractivity (Wildman–Crippen MR) is 169 cm³/mol. The molecule has 0 bridgehead atoms. The SMILES string of the molecule is Cc1ccc(S(=O)(=O)n2ccc3c(C(O)N4Cc5ccc(C#N)cc5C4COCC[Si](C)(C)C)c(C)cc(C)c32)cc1. The lowest BCUT2D eigenvalue weighted by Crippen LogP contribution is -2.31. The minimum Gasteiger partial charge on any atom is -0.380 e. The van der Waals surface area contributed by atoms with E-state index in [4.69, 9.17) is 4.74 Å². The Hall–Kier alpha value is -3.26. The molecule has 1 aromatic heterocycles. The fourth-order valence-electron chi connectivity index (χ4n) is 5.85. The van der Waals surface area contributed by atoms with Gasteiger partial charge in [-0.05, 0) is 79.4 Å². The smallest absolute Gasteiger partial charge is 0.268 e. The third-order valence-electron chi connectivity index (χ3n) is 8.18. The molecule has 42 heavy (non-hydrogen) atoms. The van der Waals surface area contributed by atoms with Crippen molar-refractivity contribution in [1.29, 1.82) is 5.26 Å². The zero-order valence-corrected chi connectivity index (χ0v) is 27.0. The molecule has 0 saturated carbocycles. The Balaban J connectivity index is 1.55. The summed E-state index contributed by atoms with van der Waals surface area (Å²) in [7, 11) is -5.13. The molecular weight excluding hydrogens is 563 g/mol. The van der Waals surface area contributed by atoms with E-state index >= 15 is 0 Å². The molecule has 3 aromatic carbocycles. The van der Waals surface area contributed by atoms with Crippen LogP contribution in [0.4, 0.5) is 0 Å². The summed E-state index contributed by atoms with van der Waals surface area (Å²) in [6.07, 6.45) is 0.562. The van der Waals surface area contributed by atoms with Crippen LogP contribution in [0, 0.1) is 32.1 Å². The van der Waals surface area contributed by atoms with Crippen molar-refractivity contribution in [2.24, 2.45) is 0 Å². The fraction of sp³-hybridized carbons (Fsp3) is 0.364. The highest BCUT2D eigenvalue weighted by Gasteiger charge is 2.37. The van der Waals surface area contributed by atoms with Crippen molar-refractivity contribution in [1.82, 2.24) is 8.87 Å². The summed E-state index contributed by atoms with van der Waals surface area (Å²) >= 11 is 0. The van der Waals surface area contributed by atoms with E-state index in [0.29, 0.717) is 41.8 Å². The molecule has 2 heterocycles. The molecule has 0 amide bonds. The van der Waals surface area contributed by atoms with Gasteiger partial charge in [0.1, 0.15) is 6.23 Å². The quantitative estimate of drug-likeness (QED) is 0.172. The Morgan fingerprint density at radius 2 is 1.76 bits per heavy atom. The number of nitriles is 1. The maximum Gasteiger partial charge on any atom is 0.268 e. The van der Waals surface area contributed by atoms with E-state index < -0.39 is 24.3 Å². The van der Waals surface area contributed by atoms with Crippen LogP contribution in [0.25, 0.3) is 10.9 Å². The van der Waals surface area contributed by atoms with Crippen molar-refractivity contribution in [2.45, 2.75) is 70.2 Å². The molecule has 0 fully saturated rings. The normalized spacial score (nSPS) is 16.5. The van der Waals surface area contributed by atoms with Gasteiger partial charge in [-0.25, -0.2) is 12.4 Å². The van der Waals surface area contributed by atoms with Crippen molar-refractivity contribution in [2.75, 3.05) is 13.2 Å². The Labute approximate surface area is 250 Å².